The number of rotatable bonds is 12. The van der Waals surface area contributed by atoms with Gasteiger partial charge in [0.15, 0.2) is 5.16 Å². The number of amides is 1. The first kappa shape index (κ1) is 28.0. The van der Waals surface area contributed by atoms with Crippen molar-refractivity contribution in [1.29, 1.82) is 0 Å². The Morgan fingerprint density at radius 2 is 1.84 bits per heavy atom. The number of thioether (sulfide) groups is 1. The highest BCUT2D eigenvalue weighted by Crippen LogP contribution is 2.26. The highest BCUT2D eigenvalue weighted by Gasteiger charge is 2.23. The van der Waals surface area contributed by atoms with Gasteiger partial charge in [0.1, 0.15) is 12.4 Å². The summed E-state index contributed by atoms with van der Waals surface area (Å²) >= 11 is 1.34. The van der Waals surface area contributed by atoms with Gasteiger partial charge in [0.25, 0.3) is 15.7 Å². The van der Waals surface area contributed by atoms with Crippen LogP contribution in [0.3, 0.4) is 0 Å². The van der Waals surface area contributed by atoms with E-state index >= 15 is 0 Å². The van der Waals surface area contributed by atoms with Crippen LogP contribution in [0.5, 0.6) is 0 Å². The van der Waals surface area contributed by atoms with Gasteiger partial charge in [0.2, 0.25) is 5.91 Å². The lowest BCUT2D eigenvalue weighted by molar-refractivity contribution is -0.121. The molecule has 0 aliphatic heterocycles. The molecule has 38 heavy (non-hydrogen) atoms. The fourth-order valence-corrected chi connectivity index (χ4v) is 6.09. The van der Waals surface area contributed by atoms with Crippen LogP contribution in [0, 0.1) is 12.7 Å². The lowest BCUT2D eigenvalue weighted by Crippen LogP contribution is -2.32. The predicted octanol–water partition coefficient (Wildman–Crippen LogP) is 3.77. The number of benzene rings is 2. The molecule has 1 aliphatic rings. The Morgan fingerprint density at radius 3 is 2.58 bits per heavy atom. The van der Waals surface area contributed by atoms with Crippen molar-refractivity contribution in [1.82, 2.24) is 14.9 Å². The first-order chi connectivity index (χ1) is 18.2. The SMILES string of the molecule is Cc1ccc(S(=O)(=O)OCCCCNC(=O)Cn2c(SCc3ccc(F)cc3)nc(=O)c3c2CCC3)cc1. The Kier molecular flexibility index (Phi) is 9.35. The van der Waals surface area contributed by atoms with Gasteiger partial charge >= 0.3 is 0 Å². The number of aromatic nitrogens is 2. The zero-order valence-electron chi connectivity index (χ0n) is 21.1. The summed E-state index contributed by atoms with van der Waals surface area (Å²) in [6.45, 7) is 2.29. The molecule has 1 aliphatic carbocycles. The number of nitrogens with zero attached hydrogens (tertiary/aromatic N) is 2. The van der Waals surface area contributed by atoms with E-state index in [0.29, 0.717) is 48.7 Å². The smallest absolute Gasteiger partial charge is 0.296 e. The zero-order valence-corrected chi connectivity index (χ0v) is 22.7. The van der Waals surface area contributed by atoms with Crippen molar-refractivity contribution in [2.75, 3.05) is 13.2 Å². The van der Waals surface area contributed by atoms with Crippen LogP contribution in [0.1, 0.15) is 41.6 Å². The monoisotopic (exact) mass is 559 g/mol. The number of fused-ring (bicyclic) bond motifs is 1. The van der Waals surface area contributed by atoms with Crippen molar-refractivity contribution in [3.63, 3.8) is 0 Å². The van der Waals surface area contributed by atoms with Crippen molar-refractivity contribution in [3.8, 4) is 0 Å². The number of unbranched alkanes of at least 4 members (excludes halogenated alkanes) is 1. The summed E-state index contributed by atoms with van der Waals surface area (Å²) < 4.78 is 44.6. The molecule has 4 rings (SSSR count). The fourth-order valence-electron chi connectivity index (χ4n) is 4.18. The maximum Gasteiger partial charge on any atom is 0.296 e. The van der Waals surface area contributed by atoms with E-state index in [1.54, 1.807) is 24.3 Å². The van der Waals surface area contributed by atoms with E-state index < -0.39 is 10.1 Å². The molecule has 0 fully saturated rings. The maximum absolute atomic E-state index is 13.2. The summed E-state index contributed by atoms with van der Waals surface area (Å²) in [5.74, 6) is -0.0534. The van der Waals surface area contributed by atoms with Crippen molar-refractivity contribution in [2.24, 2.45) is 0 Å². The molecule has 8 nitrogen and oxygen atoms in total. The van der Waals surface area contributed by atoms with E-state index in [2.05, 4.69) is 10.3 Å². The highest BCUT2D eigenvalue weighted by molar-refractivity contribution is 7.98. The molecule has 3 aromatic rings. The minimum absolute atomic E-state index is 0.0212. The number of hydrogen-bond acceptors (Lipinski definition) is 7. The molecular weight excluding hydrogens is 529 g/mol. The van der Waals surface area contributed by atoms with Gasteiger partial charge < -0.3 is 9.88 Å². The van der Waals surface area contributed by atoms with Crippen LogP contribution in [0.25, 0.3) is 0 Å². The second kappa shape index (κ2) is 12.7. The molecule has 2 aromatic carbocycles. The highest BCUT2D eigenvalue weighted by atomic mass is 32.2. The Balaban J connectivity index is 1.29. The third-order valence-electron chi connectivity index (χ3n) is 6.23. The standard InChI is InChI=1S/C27H30FN3O5S2/c1-19-7-13-22(14-8-19)38(34,35)36-16-3-2-15-29-25(32)17-31-24-6-4-5-23(24)26(33)30-27(31)37-18-20-9-11-21(28)12-10-20/h7-14H,2-6,15-18H2,1H3,(H,29,32). The Hall–Kier alpha value is -3.02. The van der Waals surface area contributed by atoms with Gasteiger partial charge in [-0.05, 0) is 68.9 Å². The minimum Gasteiger partial charge on any atom is -0.355 e. The predicted molar refractivity (Wildman–Crippen MR) is 143 cm³/mol. The van der Waals surface area contributed by atoms with Crippen molar-refractivity contribution in [3.05, 3.63) is 87.1 Å². The van der Waals surface area contributed by atoms with Crippen molar-refractivity contribution < 1.29 is 21.8 Å². The lowest BCUT2D eigenvalue weighted by Gasteiger charge is -2.17. The van der Waals surface area contributed by atoms with Gasteiger partial charge in [-0.3, -0.25) is 13.8 Å². The van der Waals surface area contributed by atoms with E-state index in [9.17, 15) is 22.4 Å². The topological polar surface area (TPSA) is 107 Å². The number of halogens is 1. The summed E-state index contributed by atoms with van der Waals surface area (Å²) in [6.07, 6.45) is 3.20. The second-order valence-electron chi connectivity index (χ2n) is 9.13. The van der Waals surface area contributed by atoms with Gasteiger partial charge in [-0.25, -0.2) is 4.39 Å². The fraction of sp³-hybridized carbons (Fsp3) is 0.370. The van der Waals surface area contributed by atoms with Crippen LogP contribution in [0.4, 0.5) is 4.39 Å². The second-order valence-corrected chi connectivity index (χ2v) is 11.7. The summed E-state index contributed by atoms with van der Waals surface area (Å²) in [5.41, 5.74) is 3.10. The maximum atomic E-state index is 13.2. The summed E-state index contributed by atoms with van der Waals surface area (Å²) in [7, 11) is -3.81. The summed E-state index contributed by atoms with van der Waals surface area (Å²) in [4.78, 5) is 29.6. The van der Waals surface area contributed by atoms with Gasteiger partial charge in [0.05, 0.1) is 11.5 Å². The molecule has 0 radical (unpaired) electrons. The molecule has 11 heteroatoms. The van der Waals surface area contributed by atoms with E-state index in [4.69, 9.17) is 4.18 Å². The van der Waals surface area contributed by atoms with Gasteiger partial charge in [0, 0.05) is 23.6 Å². The van der Waals surface area contributed by atoms with E-state index in [1.165, 1.54) is 36.0 Å². The van der Waals surface area contributed by atoms with Crippen molar-refractivity contribution >= 4 is 27.8 Å². The molecule has 1 amide bonds. The number of nitrogens with one attached hydrogen (secondary N) is 1. The molecule has 0 unspecified atom stereocenters. The number of carbonyl (C=O) groups is 1. The van der Waals surface area contributed by atoms with Crippen LogP contribution < -0.4 is 10.9 Å². The molecular formula is C27H30FN3O5S2. The molecule has 0 saturated heterocycles. The van der Waals surface area contributed by atoms with Gasteiger partial charge in [-0.1, -0.05) is 41.6 Å². The first-order valence-corrected chi connectivity index (χ1v) is 14.8. The molecule has 1 N–H and O–H groups in total. The number of aryl methyl sites for hydroxylation is 1. The third-order valence-corrected chi connectivity index (χ3v) is 8.60. The average molecular weight is 560 g/mol. The van der Waals surface area contributed by atoms with Crippen LogP contribution in [0.15, 0.2) is 63.4 Å². The Morgan fingerprint density at radius 1 is 1.11 bits per heavy atom. The first-order valence-electron chi connectivity index (χ1n) is 12.5. The van der Waals surface area contributed by atoms with Crippen LogP contribution >= 0.6 is 11.8 Å². The molecule has 0 bridgehead atoms. The molecule has 1 aromatic heterocycles. The van der Waals surface area contributed by atoms with Crippen molar-refractivity contribution in [2.45, 2.75) is 61.4 Å². The van der Waals surface area contributed by atoms with Gasteiger partial charge in [-0.15, -0.1) is 0 Å². The summed E-state index contributed by atoms with van der Waals surface area (Å²) in [5, 5.41) is 3.32. The Labute approximate surface area is 225 Å². The lowest BCUT2D eigenvalue weighted by atomic mass is 10.2. The normalized spacial score (nSPS) is 12.9. The summed E-state index contributed by atoms with van der Waals surface area (Å²) in [6, 6.07) is 12.6. The van der Waals surface area contributed by atoms with Crippen LogP contribution in [0.2, 0.25) is 0 Å². The largest absolute Gasteiger partial charge is 0.355 e. The number of hydrogen-bond donors (Lipinski definition) is 1. The average Bonchev–Trinajstić information content (AvgIpc) is 3.39. The minimum atomic E-state index is -3.81. The molecule has 0 saturated carbocycles. The van der Waals surface area contributed by atoms with E-state index in [0.717, 1.165) is 23.2 Å². The molecule has 0 atom stereocenters. The number of carbonyl (C=O) groups excluding carboxylic acids is 1. The molecule has 0 spiro atoms. The van der Waals surface area contributed by atoms with E-state index in [-0.39, 0.29) is 35.3 Å². The van der Waals surface area contributed by atoms with Crippen LogP contribution in [-0.2, 0) is 44.2 Å². The molecule has 1 heterocycles. The zero-order chi connectivity index (χ0) is 27.1. The van der Waals surface area contributed by atoms with Gasteiger partial charge in [-0.2, -0.15) is 13.4 Å². The molecule has 202 valence electrons. The Bertz CT molecular complexity index is 1440. The quantitative estimate of drug-likeness (QED) is 0.156. The third kappa shape index (κ3) is 7.30. The van der Waals surface area contributed by atoms with E-state index in [1.807, 2.05) is 11.5 Å². The van der Waals surface area contributed by atoms with Crippen LogP contribution in [-0.4, -0.2) is 37.0 Å².